The zero-order valence-corrected chi connectivity index (χ0v) is 18.1. The van der Waals surface area contributed by atoms with E-state index >= 15 is 0 Å². The van der Waals surface area contributed by atoms with Crippen molar-refractivity contribution in [3.8, 4) is 0 Å². The van der Waals surface area contributed by atoms with Gasteiger partial charge in [0, 0.05) is 24.1 Å². The minimum Gasteiger partial charge on any atom is -0.395 e. The fourth-order valence-electron chi connectivity index (χ4n) is 4.42. The van der Waals surface area contributed by atoms with Crippen molar-refractivity contribution < 1.29 is 31.2 Å². The topological polar surface area (TPSA) is 102 Å². The number of nitrogens with two attached hydrogens (primary N) is 1. The monoisotopic (exact) mass is 461 g/mol. The first-order chi connectivity index (χ1) is 14.5. The number of alkyl halides is 3. The maximum absolute atomic E-state index is 13.6. The standard InChI is InChI=1S/C20H26F3N3O4S/c1-2-12-30-25-17-18(27)26(11-10-19(17)8-3-4-9-19)13-14-15(20(21,22)23)6-5-7-16(14)31(24,28)29/h5-7H,2-4,8-13H2,1H3,(H2,24,28,29)/b25-17+. The summed E-state index contributed by atoms with van der Waals surface area (Å²) in [5.41, 5.74) is -1.89. The van der Waals surface area contributed by atoms with Crippen LogP contribution in [0.5, 0.6) is 0 Å². The molecule has 2 aliphatic rings. The predicted octanol–water partition coefficient (Wildman–Crippen LogP) is 3.43. The molecule has 1 amide bonds. The van der Waals surface area contributed by atoms with Gasteiger partial charge < -0.3 is 9.74 Å². The van der Waals surface area contributed by atoms with Crippen LogP contribution in [0.25, 0.3) is 0 Å². The van der Waals surface area contributed by atoms with E-state index in [4.69, 9.17) is 9.98 Å². The summed E-state index contributed by atoms with van der Waals surface area (Å²) >= 11 is 0. The lowest BCUT2D eigenvalue weighted by Gasteiger charge is -2.39. The van der Waals surface area contributed by atoms with E-state index in [-0.39, 0.29) is 12.3 Å². The summed E-state index contributed by atoms with van der Waals surface area (Å²) in [6.45, 7) is 1.87. The van der Waals surface area contributed by atoms with E-state index in [1.165, 1.54) is 4.90 Å². The van der Waals surface area contributed by atoms with Crippen LogP contribution in [0.2, 0.25) is 0 Å². The third-order valence-corrected chi connectivity index (χ3v) is 6.95. The van der Waals surface area contributed by atoms with E-state index in [0.717, 1.165) is 43.9 Å². The van der Waals surface area contributed by atoms with Crippen molar-refractivity contribution in [2.75, 3.05) is 13.2 Å². The first-order valence-electron chi connectivity index (χ1n) is 10.2. The van der Waals surface area contributed by atoms with Gasteiger partial charge in [-0.1, -0.05) is 31.0 Å². The lowest BCUT2D eigenvalue weighted by atomic mass is 9.75. The molecule has 0 unspecified atom stereocenters. The van der Waals surface area contributed by atoms with E-state index in [9.17, 15) is 26.4 Å². The highest BCUT2D eigenvalue weighted by atomic mass is 32.2. The molecule has 1 aromatic rings. The SMILES string of the molecule is CCCO/N=C1\C(=O)N(Cc2c(C(F)(F)F)cccc2S(N)(=O)=O)CCC12CCCC2. The Labute approximate surface area is 179 Å². The molecular weight excluding hydrogens is 435 g/mol. The smallest absolute Gasteiger partial charge is 0.395 e. The Morgan fingerprint density at radius 2 is 1.90 bits per heavy atom. The molecule has 11 heteroatoms. The number of oxime groups is 1. The van der Waals surface area contributed by atoms with Gasteiger partial charge in [-0.2, -0.15) is 13.2 Å². The van der Waals surface area contributed by atoms with Crippen LogP contribution in [0, 0.1) is 5.41 Å². The van der Waals surface area contributed by atoms with Crippen molar-refractivity contribution in [3.63, 3.8) is 0 Å². The number of likely N-dealkylation sites (tertiary alicyclic amines) is 1. The van der Waals surface area contributed by atoms with Crippen LogP contribution in [0.1, 0.15) is 56.6 Å². The molecule has 1 spiro atoms. The summed E-state index contributed by atoms with van der Waals surface area (Å²) in [5, 5.41) is 9.25. The Morgan fingerprint density at radius 3 is 2.48 bits per heavy atom. The van der Waals surface area contributed by atoms with Crippen LogP contribution < -0.4 is 5.14 Å². The lowest BCUT2D eigenvalue weighted by Crippen LogP contribution is -2.51. The summed E-state index contributed by atoms with van der Waals surface area (Å²) < 4.78 is 64.7. The quantitative estimate of drug-likeness (QED) is 0.518. The van der Waals surface area contributed by atoms with Crippen molar-refractivity contribution in [3.05, 3.63) is 29.3 Å². The normalized spacial score (nSPS) is 20.6. The van der Waals surface area contributed by atoms with Gasteiger partial charge in [0.1, 0.15) is 6.61 Å². The molecular formula is C20H26F3N3O4S. The Kier molecular flexibility index (Phi) is 6.66. The molecule has 2 fully saturated rings. The highest BCUT2D eigenvalue weighted by molar-refractivity contribution is 7.89. The molecule has 172 valence electrons. The number of hydrogen-bond donors (Lipinski definition) is 1. The third-order valence-electron chi connectivity index (χ3n) is 5.96. The van der Waals surface area contributed by atoms with Crippen LogP contribution in [-0.2, 0) is 32.4 Å². The van der Waals surface area contributed by atoms with Gasteiger partial charge >= 0.3 is 6.18 Å². The first kappa shape index (κ1) is 23.5. The van der Waals surface area contributed by atoms with Crippen LogP contribution in [0.3, 0.4) is 0 Å². The molecule has 1 saturated carbocycles. The van der Waals surface area contributed by atoms with Crippen LogP contribution in [0.15, 0.2) is 28.3 Å². The Morgan fingerprint density at radius 1 is 1.23 bits per heavy atom. The molecule has 3 rings (SSSR count). The van der Waals surface area contributed by atoms with Gasteiger partial charge in [0.15, 0.2) is 5.71 Å². The van der Waals surface area contributed by atoms with Crippen LogP contribution in [0.4, 0.5) is 13.2 Å². The summed E-state index contributed by atoms with van der Waals surface area (Å²) in [7, 11) is -4.43. The maximum Gasteiger partial charge on any atom is 0.416 e. The van der Waals surface area contributed by atoms with Crippen molar-refractivity contribution in [1.82, 2.24) is 4.90 Å². The van der Waals surface area contributed by atoms with Gasteiger partial charge in [0.25, 0.3) is 5.91 Å². The molecule has 1 aliphatic carbocycles. The number of amides is 1. The average molecular weight is 462 g/mol. The van der Waals surface area contributed by atoms with Crippen molar-refractivity contribution in [1.29, 1.82) is 0 Å². The summed E-state index contributed by atoms with van der Waals surface area (Å²) in [4.78, 5) is 19.1. The molecule has 2 N–H and O–H groups in total. The zero-order chi connectivity index (χ0) is 22.9. The number of sulfonamides is 1. The van der Waals surface area contributed by atoms with Gasteiger partial charge in [0.2, 0.25) is 10.0 Å². The fourth-order valence-corrected chi connectivity index (χ4v) is 5.21. The number of primary sulfonamides is 1. The minimum absolute atomic E-state index is 0.196. The number of hydrogen-bond acceptors (Lipinski definition) is 5. The van der Waals surface area contributed by atoms with E-state index < -0.39 is 50.1 Å². The van der Waals surface area contributed by atoms with Crippen molar-refractivity contribution in [2.45, 2.75) is 63.1 Å². The molecule has 1 aromatic carbocycles. The largest absolute Gasteiger partial charge is 0.416 e. The predicted molar refractivity (Wildman–Crippen MR) is 107 cm³/mol. The Balaban J connectivity index is 2.00. The number of rotatable bonds is 6. The summed E-state index contributed by atoms with van der Waals surface area (Å²) in [5.74, 6) is -0.526. The number of carbonyl (C=O) groups is 1. The molecule has 0 bridgehead atoms. The molecule has 7 nitrogen and oxygen atoms in total. The number of benzene rings is 1. The molecule has 1 heterocycles. The first-order valence-corrected chi connectivity index (χ1v) is 11.8. The highest BCUT2D eigenvalue weighted by Gasteiger charge is 2.48. The van der Waals surface area contributed by atoms with E-state index in [2.05, 4.69) is 5.16 Å². The summed E-state index contributed by atoms with van der Waals surface area (Å²) in [6.07, 6.45) is -0.170. The number of piperidine rings is 1. The second-order valence-corrected chi connectivity index (χ2v) is 9.59. The summed E-state index contributed by atoms with van der Waals surface area (Å²) in [6, 6.07) is 2.80. The third kappa shape index (κ3) is 4.87. The van der Waals surface area contributed by atoms with Crippen molar-refractivity contribution >= 4 is 21.6 Å². The average Bonchev–Trinajstić information content (AvgIpc) is 3.14. The molecule has 31 heavy (non-hydrogen) atoms. The van der Waals surface area contributed by atoms with E-state index in [1.807, 2.05) is 6.92 Å². The second kappa shape index (κ2) is 8.78. The Hall–Kier alpha value is -2.14. The van der Waals surface area contributed by atoms with E-state index in [1.54, 1.807) is 0 Å². The molecule has 0 radical (unpaired) electrons. The maximum atomic E-state index is 13.6. The highest BCUT2D eigenvalue weighted by Crippen LogP contribution is 2.46. The molecule has 1 aliphatic heterocycles. The van der Waals surface area contributed by atoms with E-state index in [0.29, 0.717) is 19.4 Å². The van der Waals surface area contributed by atoms with Crippen LogP contribution >= 0.6 is 0 Å². The molecule has 1 saturated heterocycles. The molecule has 0 atom stereocenters. The number of carbonyl (C=O) groups excluding carboxylic acids is 1. The lowest BCUT2D eigenvalue weighted by molar-refractivity contribution is -0.139. The second-order valence-electron chi connectivity index (χ2n) is 8.06. The van der Waals surface area contributed by atoms with Gasteiger partial charge in [0.05, 0.1) is 10.5 Å². The van der Waals surface area contributed by atoms with Gasteiger partial charge in [-0.05, 0) is 37.8 Å². The zero-order valence-electron chi connectivity index (χ0n) is 17.2. The number of nitrogens with zero attached hydrogens (tertiary/aromatic N) is 2. The number of halogens is 3. The fraction of sp³-hybridized carbons (Fsp3) is 0.600. The Bertz CT molecular complexity index is 970. The van der Waals surface area contributed by atoms with Gasteiger partial charge in [-0.15, -0.1) is 0 Å². The van der Waals surface area contributed by atoms with Crippen LogP contribution in [-0.4, -0.2) is 38.1 Å². The van der Waals surface area contributed by atoms with Gasteiger partial charge in [-0.25, -0.2) is 13.6 Å². The van der Waals surface area contributed by atoms with Gasteiger partial charge in [-0.3, -0.25) is 4.79 Å². The van der Waals surface area contributed by atoms with Crippen molar-refractivity contribution in [2.24, 2.45) is 15.7 Å². The molecule has 0 aromatic heterocycles. The minimum atomic E-state index is -4.80.